The highest BCUT2D eigenvalue weighted by Crippen LogP contribution is 2.20. The van der Waals surface area contributed by atoms with Gasteiger partial charge in [0.15, 0.2) is 0 Å². The second-order valence-corrected chi connectivity index (χ2v) is 5.13. The third-order valence-electron chi connectivity index (χ3n) is 2.80. The summed E-state index contributed by atoms with van der Waals surface area (Å²) >= 11 is 11.8. The fourth-order valence-corrected chi connectivity index (χ4v) is 2.28. The molecule has 0 spiro atoms. The van der Waals surface area contributed by atoms with Gasteiger partial charge in [-0.15, -0.1) is 0 Å². The summed E-state index contributed by atoms with van der Waals surface area (Å²) in [6, 6.07) is 12.1. The van der Waals surface area contributed by atoms with Gasteiger partial charge in [-0.3, -0.25) is 4.79 Å². The van der Waals surface area contributed by atoms with Gasteiger partial charge in [0.1, 0.15) is 0 Å². The first-order chi connectivity index (χ1) is 9.60. The average Bonchev–Trinajstić information content (AvgIpc) is 2.45. The summed E-state index contributed by atoms with van der Waals surface area (Å²) in [4.78, 5) is 12.0. The van der Waals surface area contributed by atoms with E-state index < -0.39 is 0 Å². The average molecular weight is 310 g/mol. The predicted molar refractivity (Wildman–Crippen MR) is 80.0 cm³/mol. The van der Waals surface area contributed by atoms with E-state index >= 15 is 0 Å². The van der Waals surface area contributed by atoms with Gasteiger partial charge in [0, 0.05) is 11.6 Å². The number of rotatable bonds is 4. The number of nitrogens with one attached hydrogen (secondary N) is 1. The first kappa shape index (κ1) is 14.9. The number of aliphatic hydroxyl groups is 1. The second kappa shape index (κ2) is 6.75. The molecule has 0 heterocycles. The zero-order valence-electron chi connectivity index (χ0n) is 10.6. The molecule has 2 N–H and O–H groups in total. The van der Waals surface area contributed by atoms with Crippen LogP contribution in [0.4, 0.5) is 0 Å². The van der Waals surface area contributed by atoms with Crippen LogP contribution in [0.2, 0.25) is 10.0 Å². The van der Waals surface area contributed by atoms with Crippen LogP contribution in [0, 0.1) is 0 Å². The van der Waals surface area contributed by atoms with E-state index in [2.05, 4.69) is 5.32 Å². The molecule has 5 heteroatoms. The molecule has 2 rings (SSSR count). The van der Waals surface area contributed by atoms with Crippen LogP contribution < -0.4 is 5.32 Å². The minimum absolute atomic E-state index is 0.0230. The smallest absolute Gasteiger partial charge is 0.253 e. The molecule has 0 radical (unpaired) electrons. The first-order valence-corrected chi connectivity index (χ1v) is 6.77. The summed E-state index contributed by atoms with van der Waals surface area (Å²) in [7, 11) is 0. The van der Waals surface area contributed by atoms with Crippen molar-refractivity contribution in [1.29, 1.82) is 0 Å². The summed E-state index contributed by atoms with van der Waals surface area (Å²) in [5.74, 6) is -0.263. The predicted octanol–water partition coefficient (Wildman–Crippen LogP) is 3.42. The van der Waals surface area contributed by atoms with E-state index in [0.717, 1.165) is 11.1 Å². The van der Waals surface area contributed by atoms with Gasteiger partial charge in [0.25, 0.3) is 5.91 Å². The summed E-state index contributed by atoms with van der Waals surface area (Å²) in [6.07, 6.45) is 0. The Labute approximate surface area is 127 Å². The number of carbonyl (C=O) groups excluding carboxylic acids is 1. The zero-order valence-corrected chi connectivity index (χ0v) is 12.1. The molecule has 0 aliphatic rings. The lowest BCUT2D eigenvalue weighted by atomic mass is 10.1. The number of amides is 1. The Balaban J connectivity index is 2.04. The van der Waals surface area contributed by atoms with Gasteiger partial charge in [-0.25, -0.2) is 0 Å². The van der Waals surface area contributed by atoms with E-state index in [1.54, 1.807) is 12.1 Å². The van der Waals surface area contributed by atoms with E-state index in [9.17, 15) is 4.79 Å². The van der Waals surface area contributed by atoms with Crippen molar-refractivity contribution in [2.45, 2.75) is 13.2 Å². The Hall–Kier alpha value is -1.55. The van der Waals surface area contributed by atoms with Crippen LogP contribution >= 0.6 is 23.2 Å². The largest absolute Gasteiger partial charge is 0.392 e. The molecule has 0 aromatic heterocycles. The van der Waals surface area contributed by atoms with Crippen molar-refractivity contribution >= 4 is 29.1 Å². The molecule has 0 saturated heterocycles. The first-order valence-electron chi connectivity index (χ1n) is 6.02. The van der Waals surface area contributed by atoms with Gasteiger partial charge >= 0.3 is 0 Å². The molecule has 0 aliphatic heterocycles. The highest BCUT2D eigenvalue weighted by Gasteiger charge is 2.10. The molecule has 0 atom stereocenters. The number of halogens is 2. The van der Waals surface area contributed by atoms with Crippen molar-refractivity contribution in [2.24, 2.45) is 0 Å². The third-order valence-corrected chi connectivity index (χ3v) is 3.35. The fourth-order valence-electron chi connectivity index (χ4n) is 1.79. The number of benzene rings is 2. The van der Waals surface area contributed by atoms with E-state index in [1.807, 2.05) is 24.3 Å². The van der Waals surface area contributed by atoms with Crippen molar-refractivity contribution in [3.63, 3.8) is 0 Å². The van der Waals surface area contributed by atoms with E-state index in [0.29, 0.717) is 22.2 Å². The Bertz CT molecular complexity index is 629. The number of aliphatic hydroxyl groups excluding tert-OH is 1. The summed E-state index contributed by atoms with van der Waals surface area (Å²) in [5.41, 5.74) is 2.10. The molecule has 20 heavy (non-hydrogen) atoms. The molecule has 0 saturated carbocycles. The van der Waals surface area contributed by atoms with Gasteiger partial charge in [-0.05, 0) is 29.3 Å². The topological polar surface area (TPSA) is 49.3 Å². The summed E-state index contributed by atoms with van der Waals surface area (Å²) in [5, 5.41) is 12.6. The van der Waals surface area contributed by atoms with Crippen molar-refractivity contribution in [1.82, 2.24) is 5.32 Å². The molecule has 2 aromatic carbocycles. The second-order valence-electron chi connectivity index (χ2n) is 4.28. The zero-order chi connectivity index (χ0) is 14.5. The number of carbonyl (C=O) groups is 1. The molecule has 0 bridgehead atoms. The van der Waals surface area contributed by atoms with Gasteiger partial charge in [0.05, 0.1) is 17.2 Å². The monoisotopic (exact) mass is 309 g/mol. The van der Waals surface area contributed by atoms with Crippen LogP contribution in [0.1, 0.15) is 21.5 Å². The van der Waals surface area contributed by atoms with Crippen molar-refractivity contribution in [3.8, 4) is 0 Å². The van der Waals surface area contributed by atoms with Crippen LogP contribution in [0.5, 0.6) is 0 Å². The lowest BCUT2D eigenvalue weighted by Crippen LogP contribution is -2.23. The highest BCUT2D eigenvalue weighted by atomic mass is 35.5. The Kier molecular flexibility index (Phi) is 5.01. The van der Waals surface area contributed by atoms with Crippen molar-refractivity contribution in [2.75, 3.05) is 0 Å². The van der Waals surface area contributed by atoms with E-state index in [4.69, 9.17) is 28.3 Å². The van der Waals surface area contributed by atoms with Gasteiger partial charge in [0.2, 0.25) is 0 Å². The van der Waals surface area contributed by atoms with Crippen LogP contribution in [0.15, 0.2) is 42.5 Å². The van der Waals surface area contributed by atoms with E-state index in [-0.39, 0.29) is 12.5 Å². The molecule has 104 valence electrons. The summed E-state index contributed by atoms with van der Waals surface area (Å²) < 4.78 is 0. The lowest BCUT2D eigenvalue weighted by molar-refractivity contribution is 0.0951. The normalized spacial score (nSPS) is 10.3. The molecule has 0 unspecified atom stereocenters. The highest BCUT2D eigenvalue weighted by molar-refractivity contribution is 6.36. The molecule has 1 amide bonds. The Morgan fingerprint density at radius 1 is 1.10 bits per heavy atom. The molecule has 0 fully saturated rings. The van der Waals surface area contributed by atoms with Crippen LogP contribution in [-0.4, -0.2) is 11.0 Å². The fraction of sp³-hybridized carbons (Fsp3) is 0.133. The minimum Gasteiger partial charge on any atom is -0.392 e. The number of hydrogen-bond acceptors (Lipinski definition) is 2. The van der Waals surface area contributed by atoms with Gasteiger partial charge in [-0.1, -0.05) is 47.5 Å². The summed E-state index contributed by atoms with van der Waals surface area (Å²) in [6.45, 7) is 0.344. The maximum Gasteiger partial charge on any atom is 0.253 e. The van der Waals surface area contributed by atoms with Gasteiger partial charge in [-0.2, -0.15) is 0 Å². The third kappa shape index (κ3) is 3.73. The standard InChI is InChI=1S/C15H13Cl2NO2/c16-12-4-5-13(14(17)7-12)15(20)18-8-10-2-1-3-11(6-10)9-19/h1-7,19H,8-9H2,(H,18,20). The minimum atomic E-state index is -0.263. The van der Waals surface area contributed by atoms with E-state index in [1.165, 1.54) is 6.07 Å². The maximum atomic E-state index is 12.0. The molecule has 3 nitrogen and oxygen atoms in total. The molecular formula is C15H13Cl2NO2. The SMILES string of the molecule is O=C(NCc1cccc(CO)c1)c1ccc(Cl)cc1Cl. The Morgan fingerprint density at radius 2 is 1.85 bits per heavy atom. The Morgan fingerprint density at radius 3 is 2.55 bits per heavy atom. The lowest BCUT2D eigenvalue weighted by Gasteiger charge is -2.08. The maximum absolute atomic E-state index is 12.0. The van der Waals surface area contributed by atoms with Crippen LogP contribution in [-0.2, 0) is 13.2 Å². The van der Waals surface area contributed by atoms with Gasteiger partial charge < -0.3 is 10.4 Å². The molecule has 2 aromatic rings. The van der Waals surface area contributed by atoms with Crippen LogP contribution in [0.3, 0.4) is 0 Å². The molecule has 0 aliphatic carbocycles. The molecular weight excluding hydrogens is 297 g/mol. The van der Waals surface area contributed by atoms with Crippen molar-refractivity contribution in [3.05, 3.63) is 69.2 Å². The number of hydrogen-bond donors (Lipinski definition) is 2. The van der Waals surface area contributed by atoms with Crippen molar-refractivity contribution < 1.29 is 9.90 Å². The van der Waals surface area contributed by atoms with Crippen LogP contribution in [0.25, 0.3) is 0 Å². The quantitative estimate of drug-likeness (QED) is 0.909.